The van der Waals surface area contributed by atoms with Crippen LogP contribution >= 0.6 is 0 Å². The molecule has 0 heterocycles. The number of alkyl halides is 2. The number of para-hydroxylation sites is 1. The highest BCUT2D eigenvalue weighted by Gasteiger charge is 2.46. The fraction of sp³-hybridized carbons (Fsp3) is 0.467. The normalized spacial score (nSPS) is 11.1. The van der Waals surface area contributed by atoms with Gasteiger partial charge in [-0.1, -0.05) is 19.1 Å². The van der Waals surface area contributed by atoms with E-state index in [1.165, 1.54) is 18.2 Å². The second kappa shape index (κ2) is 7.72. The standard InChI is InChI=1S/C15H19F2NO4/c1-3-9-18(10-13(19)20)14(21)15(16,17)11-7-5-6-8-12(11)22-4-2/h5-8H,3-4,9-10H2,1-2H3,(H,19,20). The van der Waals surface area contributed by atoms with Gasteiger partial charge in [0.15, 0.2) is 0 Å². The minimum absolute atomic E-state index is 0.0580. The van der Waals surface area contributed by atoms with E-state index in [2.05, 4.69) is 0 Å². The summed E-state index contributed by atoms with van der Waals surface area (Å²) in [6.45, 7) is 2.67. The van der Waals surface area contributed by atoms with Gasteiger partial charge in [0.05, 0.1) is 12.2 Å². The van der Waals surface area contributed by atoms with Gasteiger partial charge in [-0.2, -0.15) is 8.78 Å². The highest BCUT2D eigenvalue weighted by atomic mass is 19.3. The molecule has 0 saturated carbocycles. The third-order valence-electron chi connectivity index (χ3n) is 2.90. The summed E-state index contributed by atoms with van der Waals surface area (Å²) in [7, 11) is 0. The quantitative estimate of drug-likeness (QED) is 0.800. The van der Waals surface area contributed by atoms with E-state index in [0.717, 1.165) is 6.07 Å². The molecule has 0 saturated heterocycles. The number of amides is 1. The average molecular weight is 315 g/mol. The number of aliphatic carboxylic acids is 1. The Morgan fingerprint density at radius 2 is 1.91 bits per heavy atom. The molecule has 122 valence electrons. The molecule has 1 amide bonds. The minimum atomic E-state index is -3.85. The van der Waals surface area contributed by atoms with Gasteiger partial charge in [-0.25, -0.2) is 0 Å². The van der Waals surface area contributed by atoms with Crippen molar-refractivity contribution in [3.05, 3.63) is 29.8 Å². The van der Waals surface area contributed by atoms with Gasteiger partial charge in [0.25, 0.3) is 5.91 Å². The predicted octanol–water partition coefficient (Wildman–Crippen LogP) is 2.50. The molecule has 1 N–H and O–H groups in total. The van der Waals surface area contributed by atoms with Crippen molar-refractivity contribution >= 4 is 11.9 Å². The first-order chi connectivity index (χ1) is 10.3. The summed E-state index contributed by atoms with van der Waals surface area (Å²) >= 11 is 0. The summed E-state index contributed by atoms with van der Waals surface area (Å²) in [6.07, 6.45) is 0.377. The van der Waals surface area contributed by atoms with Crippen LogP contribution in [0.15, 0.2) is 24.3 Å². The lowest BCUT2D eigenvalue weighted by atomic mass is 10.1. The third-order valence-corrected chi connectivity index (χ3v) is 2.90. The molecule has 0 aliphatic carbocycles. The van der Waals surface area contributed by atoms with E-state index < -0.39 is 29.9 Å². The fourth-order valence-corrected chi connectivity index (χ4v) is 2.01. The molecular formula is C15H19F2NO4. The van der Waals surface area contributed by atoms with E-state index in [1.807, 2.05) is 0 Å². The lowest BCUT2D eigenvalue weighted by Crippen LogP contribution is -2.44. The maximum atomic E-state index is 14.5. The van der Waals surface area contributed by atoms with Gasteiger partial charge >= 0.3 is 11.9 Å². The van der Waals surface area contributed by atoms with Gasteiger partial charge in [-0.15, -0.1) is 0 Å². The van der Waals surface area contributed by atoms with Crippen LogP contribution in [0, 0.1) is 0 Å². The molecule has 0 radical (unpaired) electrons. The summed E-state index contributed by atoms with van der Waals surface area (Å²) in [5.74, 6) is -6.81. The molecule has 0 bridgehead atoms. The number of carboxylic acid groups (broad SMARTS) is 1. The van der Waals surface area contributed by atoms with Gasteiger partial charge in [0.2, 0.25) is 0 Å². The Bertz CT molecular complexity index is 534. The molecular weight excluding hydrogens is 296 g/mol. The zero-order valence-electron chi connectivity index (χ0n) is 12.5. The van der Waals surface area contributed by atoms with Crippen molar-refractivity contribution in [1.82, 2.24) is 4.90 Å². The molecule has 7 heteroatoms. The van der Waals surface area contributed by atoms with Gasteiger partial charge in [-0.05, 0) is 25.5 Å². The first-order valence-electron chi connectivity index (χ1n) is 6.95. The van der Waals surface area contributed by atoms with Crippen LogP contribution in [0.25, 0.3) is 0 Å². The zero-order valence-corrected chi connectivity index (χ0v) is 12.5. The maximum absolute atomic E-state index is 14.5. The van der Waals surface area contributed by atoms with Crippen LogP contribution < -0.4 is 4.74 Å². The molecule has 0 fully saturated rings. The Morgan fingerprint density at radius 3 is 2.45 bits per heavy atom. The van der Waals surface area contributed by atoms with Crippen molar-refractivity contribution in [3.8, 4) is 5.75 Å². The Hall–Kier alpha value is -2.18. The lowest BCUT2D eigenvalue weighted by Gasteiger charge is -2.26. The molecule has 1 aromatic carbocycles. The number of nitrogens with zero attached hydrogens (tertiary/aromatic N) is 1. The van der Waals surface area contributed by atoms with Gasteiger partial charge in [0.1, 0.15) is 12.3 Å². The number of rotatable bonds is 8. The van der Waals surface area contributed by atoms with Crippen molar-refractivity contribution < 1.29 is 28.2 Å². The third kappa shape index (κ3) is 4.16. The number of carboxylic acids is 1. The Morgan fingerprint density at radius 1 is 1.27 bits per heavy atom. The summed E-state index contributed by atoms with van der Waals surface area (Å²) in [5.41, 5.74) is -0.562. The molecule has 0 spiro atoms. The van der Waals surface area contributed by atoms with E-state index in [9.17, 15) is 18.4 Å². The van der Waals surface area contributed by atoms with Crippen LogP contribution in [0.2, 0.25) is 0 Å². The number of carbonyl (C=O) groups is 2. The average Bonchev–Trinajstić information content (AvgIpc) is 2.46. The first kappa shape index (κ1) is 17.9. The largest absolute Gasteiger partial charge is 0.493 e. The highest BCUT2D eigenvalue weighted by molar-refractivity contribution is 5.88. The number of hydrogen-bond acceptors (Lipinski definition) is 3. The zero-order chi connectivity index (χ0) is 16.8. The molecule has 22 heavy (non-hydrogen) atoms. The Labute approximate surface area is 127 Å². The molecule has 0 unspecified atom stereocenters. The topological polar surface area (TPSA) is 66.8 Å². The van der Waals surface area contributed by atoms with Crippen molar-refractivity contribution in [3.63, 3.8) is 0 Å². The summed E-state index contributed by atoms with van der Waals surface area (Å²) < 4.78 is 34.1. The molecule has 0 atom stereocenters. The van der Waals surface area contributed by atoms with Crippen molar-refractivity contribution in [2.24, 2.45) is 0 Å². The molecule has 0 aromatic heterocycles. The second-order valence-electron chi connectivity index (χ2n) is 4.62. The van der Waals surface area contributed by atoms with Crippen LogP contribution in [0.3, 0.4) is 0 Å². The smallest absolute Gasteiger partial charge is 0.353 e. The molecule has 1 aromatic rings. The molecule has 5 nitrogen and oxygen atoms in total. The monoisotopic (exact) mass is 315 g/mol. The minimum Gasteiger partial charge on any atom is -0.493 e. The van der Waals surface area contributed by atoms with Gasteiger partial charge in [-0.3, -0.25) is 9.59 Å². The first-order valence-corrected chi connectivity index (χ1v) is 6.95. The van der Waals surface area contributed by atoms with Crippen molar-refractivity contribution in [2.45, 2.75) is 26.2 Å². The number of halogens is 2. The second-order valence-corrected chi connectivity index (χ2v) is 4.62. The highest BCUT2D eigenvalue weighted by Crippen LogP contribution is 2.36. The Kier molecular flexibility index (Phi) is 6.27. The van der Waals surface area contributed by atoms with E-state index in [-0.39, 0.29) is 18.9 Å². The molecule has 0 aliphatic rings. The summed E-state index contributed by atoms with van der Waals surface area (Å²) in [4.78, 5) is 23.5. The molecule has 1 rings (SSSR count). The van der Waals surface area contributed by atoms with Gasteiger partial charge in [0, 0.05) is 6.54 Å². The number of benzene rings is 1. The number of carbonyl (C=O) groups excluding carboxylic acids is 1. The van der Waals surface area contributed by atoms with Crippen LogP contribution in [-0.4, -0.2) is 41.6 Å². The SMILES string of the molecule is CCCN(CC(=O)O)C(=O)C(F)(F)c1ccccc1OCC. The van der Waals surface area contributed by atoms with Crippen LogP contribution in [-0.2, 0) is 15.5 Å². The van der Waals surface area contributed by atoms with Crippen molar-refractivity contribution in [2.75, 3.05) is 19.7 Å². The summed E-state index contributed by atoms with van der Waals surface area (Å²) in [6, 6.07) is 5.35. The molecule has 0 aliphatic heterocycles. The predicted molar refractivity (Wildman–Crippen MR) is 76.0 cm³/mol. The fourth-order valence-electron chi connectivity index (χ4n) is 2.01. The maximum Gasteiger partial charge on any atom is 0.353 e. The number of hydrogen-bond donors (Lipinski definition) is 1. The lowest BCUT2D eigenvalue weighted by molar-refractivity contribution is -0.162. The van der Waals surface area contributed by atoms with E-state index in [4.69, 9.17) is 9.84 Å². The number of ether oxygens (including phenoxy) is 1. The van der Waals surface area contributed by atoms with Gasteiger partial charge < -0.3 is 14.7 Å². The van der Waals surface area contributed by atoms with Crippen LogP contribution in [0.5, 0.6) is 5.75 Å². The van der Waals surface area contributed by atoms with E-state index in [0.29, 0.717) is 11.3 Å². The van der Waals surface area contributed by atoms with E-state index in [1.54, 1.807) is 13.8 Å². The Balaban J connectivity index is 3.14. The van der Waals surface area contributed by atoms with Crippen molar-refractivity contribution in [1.29, 1.82) is 0 Å². The van der Waals surface area contributed by atoms with E-state index >= 15 is 0 Å². The van der Waals surface area contributed by atoms with Crippen LogP contribution in [0.1, 0.15) is 25.8 Å². The summed E-state index contributed by atoms with van der Waals surface area (Å²) in [5, 5.41) is 8.77. The van der Waals surface area contributed by atoms with Crippen LogP contribution in [0.4, 0.5) is 8.78 Å².